The molecule has 5 heteroatoms. The van der Waals surface area contributed by atoms with Crippen LogP contribution in [0.3, 0.4) is 0 Å². The summed E-state index contributed by atoms with van der Waals surface area (Å²) in [4.78, 5) is 11.8. The highest BCUT2D eigenvalue weighted by molar-refractivity contribution is 5.68. The third-order valence-corrected chi connectivity index (χ3v) is 3.46. The SMILES string of the molecule is O=C(NC(CO)[C@H](O)c1ccccc1)OCC1=CCCC=C1. The number of rotatable bonds is 6. The third kappa shape index (κ3) is 4.72. The van der Waals surface area contributed by atoms with E-state index < -0.39 is 18.2 Å². The highest BCUT2D eigenvalue weighted by atomic mass is 16.5. The monoisotopic (exact) mass is 303 g/mol. The van der Waals surface area contributed by atoms with Crippen LogP contribution in [-0.4, -0.2) is 35.6 Å². The number of aliphatic hydroxyl groups excluding tert-OH is 2. The lowest BCUT2D eigenvalue weighted by Crippen LogP contribution is -2.42. The largest absolute Gasteiger partial charge is 0.445 e. The van der Waals surface area contributed by atoms with Crippen molar-refractivity contribution in [3.05, 3.63) is 59.7 Å². The Morgan fingerprint density at radius 2 is 2.05 bits per heavy atom. The molecule has 5 nitrogen and oxygen atoms in total. The Hall–Kier alpha value is -2.11. The number of alkyl carbamates (subject to hydrolysis) is 1. The average molecular weight is 303 g/mol. The molecule has 1 unspecified atom stereocenters. The zero-order valence-corrected chi connectivity index (χ0v) is 12.3. The van der Waals surface area contributed by atoms with Crippen molar-refractivity contribution in [3.63, 3.8) is 0 Å². The molecule has 1 aromatic carbocycles. The van der Waals surface area contributed by atoms with Crippen molar-refractivity contribution in [2.45, 2.75) is 25.0 Å². The smallest absolute Gasteiger partial charge is 0.407 e. The molecule has 1 amide bonds. The predicted octanol–water partition coefficient (Wildman–Crippen LogP) is 2.08. The number of ether oxygens (including phenoxy) is 1. The van der Waals surface area contributed by atoms with Crippen LogP contribution in [0.4, 0.5) is 4.79 Å². The number of allylic oxidation sites excluding steroid dienone is 2. The summed E-state index contributed by atoms with van der Waals surface area (Å²) in [5.41, 5.74) is 1.57. The van der Waals surface area contributed by atoms with Gasteiger partial charge in [0.1, 0.15) is 12.7 Å². The Balaban J connectivity index is 1.85. The van der Waals surface area contributed by atoms with Gasteiger partial charge in [0.15, 0.2) is 0 Å². The van der Waals surface area contributed by atoms with Crippen LogP contribution in [0.15, 0.2) is 54.1 Å². The van der Waals surface area contributed by atoms with Gasteiger partial charge in [-0.05, 0) is 24.0 Å². The minimum atomic E-state index is -0.993. The van der Waals surface area contributed by atoms with Crippen LogP contribution in [0.5, 0.6) is 0 Å². The van der Waals surface area contributed by atoms with E-state index in [0.717, 1.165) is 18.4 Å². The normalized spacial score (nSPS) is 16.5. The fourth-order valence-corrected chi connectivity index (χ4v) is 2.22. The van der Waals surface area contributed by atoms with Crippen LogP contribution in [-0.2, 0) is 4.74 Å². The summed E-state index contributed by atoms with van der Waals surface area (Å²) in [6, 6.07) is 8.05. The summed E-state index contributed by atoms with van der Waals surface area (Å²) in [5, 5.41) is 22.1. The van der Waals surface area contributed by atoms with E-state index in [9.17, 15) is 15.0 Å². The van der Waals surface area contributed by atoms with E-state index in [1.807, 2.05) is 24.3 Å². The van der Waals surface area contributed by atoms with E-state index in [-0.39, 0.29) is 13.2 Å². The first-order valence-electron chi connectivity index (χ1n) is 7.33. The molecule has 0 heterocycles. The van der Waals surface area contributed by atoms with E-state index in [1.165, 1.54) is 0 Å². The van der Waals surface area contributed by atoms with Gasteiger partial charge in [0.05, 0.1) is 12.6 Å². The molecule has 2 atom stereocenters. The van der Waals surface area contributed by atoms with Crippen molar-refractivity contribution in [2.75, 3.05) is 13.2 Å². The summed E-state index contributed by atoms with van der Waals surface area (Å²) in [5.74, 6) is 0. The third-order valence-electron chi connectivity index (χ3n) is 3.46. The molecular formula is C17H21NO4. The van der Waals surface area contributed by atoms with E-state index >= 15 is 0 Å². The number of carbonyl (C=O) groups is 1. The van der Waals surface area contributed by atoms with Gasteiger partial charge in [-0.3, -0.25) is 0 Å². The number of benzene rings is 1. The van der Waals surface area contributed by atoms with Gasteiger partial charge in [0.2, 0.25) is 0 Å². The standard InChI is InChI=1S/C17H21NO4/c19-11-15(16(20)14-9-5-2-6-10-14)18-17(21)22-12-13-7-3-1-4-8-13/h2-3,5-10,15-16,19-20H,1,4,11-12H2,(H,18,21)/t15?,16-/m1/s1. The van der Waals surface area contributed by atoms with Crippen molar-refractivity contribution < 1.29 is 19.7 Å². The maximum atomic E-state index is 11.8. The molecule has 0 saturated heterocycles. The molecule has 0 fully saturated rings. The second kappa shape index (κ2) is 8.36. The molecule has 118 valence electrons. The minimum absolute atomic E-state index is 0.182. The summed E-state index contributed by atoms with van der Waals surface area (Å²) < 4.78 is 5.11. The zero-order valence-electron chi connectivity index (χ0n) is 12.3. The molecule has 1 aliphatic carbocycles. The van der Waals surface area contributed by atoms with Gasteiger partial charge in [0.25, 0.3) is 0 Å². The topological polar surface area (TPSA) is 78.8 Å². The lowest BCUT2D eigenvalue weighted by molar-refractivity contribution is 0.0803. The number of hydrogen-bond acceptors (Lipinski definition) is 4. The number of aliphatic hydroxyl groups is 2. The van der Waals surface area contributed by atoms with Gasteiger partial charge in [-0.25, -0.2) is 4.79 Å². The molecule has 0 spiro atoms. The number of carbonyl (C=O) groups excluding carboxylic acids is 1. The Labute approximate surface area is 129 Å². The molecule has 22 heavy (non-hydrogen) atoms. The van der Waals surface area contributed by atoms with Crippen molar-refractivity contribution >= 4 is 6.09 Å². The van der Waals surface area contributed by atoms with Crippen molar-refractivity contribution in [2.24, 2.45) is 0 Å². The number of amides is 1. The maximum absolute atomic E-state index is 11.8. The molecule has 2 rings (SSSR count). The molecule has 0 bridgehead atoms. The van der Waals surface area contributed by atoms with Crippen LogP contribution in [0.2, 0.25) is 0 Å². The average Bonchev–Trinajstić information content (AvgIpc) is 2.59. The fraction of sp³-hybridized carbons (Fsp3) is 0.353. The molecule has 3 N–H and O–H groups in total. The molecule has 1 aromatic rings. The highest BCUT2D eigenvalue weighted by Gasteiger charge is 2.22. The Bertz CT molecular complexity index is 539. The van der Waals surface area contributed by atoms with Crippen molar-refractivity contribution in [1.29, 1.82) is 0 Å². The minimum Gasteiger partial charge on any atom is -0.445 e. The van der Waals surface area contributed by atoms with Gasteiger partial charge in [-0.2, -0.15) is 0 Å². The van der Waals surface area contributed by atoms with Gasteiger partial charge in [-0.1, -0.05) is 48.6 Å². The molecular weight excluding hydrogens is 282 g/mol. The van der Waals surface area contributed by atoms with Crippen molar-refractivity contribution in [1.82, 2.24) is 5.32 Å². The van der Waals surface area contributed by atoms with E-state index in [2.05, 4.69) is 5.32 Å². The Morgan fingerprint density at radius 3 is 2.68 bits per heavy atom. The van der Waals surface area contributed by atoms with Crippen LogP contribution in [0, 0.1) is 0 Å². The summed E-state index contributed by atoms with van der Waals surface area (Å²) in [7, 11) is 0. The Morgan fingerprint density at radius 1 is 1.27 bits per heavy atom. The summed E-state index contributed by atoms with van der Waals surface area (Å²) >= 11 is 0. The highest BCUT2D eigenvalue weighted by Crippen LogP contribution is 2.16. The van der Waals surface area contributed by atoms with E-state index in [1.54, 1.807) is 24.3 Å². The first kappa shape index (κ1) is 16.3. The molecule has 0 aromatic heterocycles. The quantitative estimate of drug-likeness (QED) is 0.752. The molecule has 1 aliphatic rings. The van der Waals surface area contributed by atoms with Crippen LogP contribution >= 0.6 is 0 Å². The second-order valence-corrected chi connectivity index (χ2v) is 5.12. The van der Waals surface area contributed by atoms with Crippen LogP contribution < -0.4 is 5.32 Å². The van der Waals surface area contributed by atoms with Crippen molar-refractivity contribution in [3.8, 4) is 0 Å². The lowest BCUT2D eigenvalue weighted by Gasteiger charge is -2.22. The first-order chi connectivity index (χ1) is 10.7. The molecule has 0 aliphatic heterocycles. The Kier molecular flexibility index (Phi) is 6.18. The second-order valence-electron chi connectivity index (χ2n) is 5.12. The predicted molar refractivity (Wildman–Crippen MR) is 83.2 cm³/mol. The zero-order chi connectivity index (χ0) is 15.8. The maximum Gasteiger partial charge on any atom is 0.407 e. The fourth-order valence-electron chi connectivity index (χ4n) is 2.22. The van der Waals surface area contributed by atoms with E-state index in [4.69, 9.17) is 4.74 Å². The van der Waals surface area contributed by atoms with Crippen LogP contribution in [0.1, 0.15) is 24.5 Å². The van der Waals surface area contributed by atoms with Gasteiger partial charge >= 0.3 is 6.09 Å². The number of hydrogen-bond donors (Lipinski definition) is 3. The van der Waals surface area contributed by atoms with Gasteiger partial charge < -0.3 is 20.3 Å². The van der Waals surface area contributed by atoms with Gasteiger partial charge in [0, 0.05) is 0 Å². The summed E-state index contributed by atoms with van der Waals surface area (Å²) in [6.07, 6.45) is 6.29. The first-order valence-corrected chi connectivity index (χ1v) is 7.33. The van der Waals surface area contributed by atoms with Gasteiger partial charge in [-0.15, -0.1) is 0 Å². The lowest BCUT2D eigenvalue weighted by atomic mass is 10.0. The van der Waals surface area contributed by atoms with E-state index in [0.29, 0.717) is 5.56 Å². The summed E-state index contributed by atoms with van der Waals surface area (Å²) in [6.45, 7) is -0.199. The number of nitrogens with one attached hydrogen (secondary N) is 1. The molecule has 0 saturated carbocycles. The van der Waals surface area contributed by atoms with Crippen LogP contribution in [0.25, 0.3) is 0 Å². The molecule has 0 radical (unpaired) electrons.